The van der Waals surface area contributed by atoms with Crippen LogP contribution in [0, 0.1) is 0 Å². The Hall–Kier alpha value is -1.70. The molecular weight excluding hydrogens is 268 g/mol. The molecule has 8 heteroatoms. The standard InChI is InChI=1S/C11H14N4O3S/c16-8-4-2-6-15(8)11-13-12-10(19-11)14-5-1-3-7(14)9(17)18/h7H,1-6H2,(H,17,18)/t7-/m0/s1. The van der Waals surface area contributed by atoms with Crippen molar-refractivity contribution in [3.05, 3.63) is 0 Å². The van der Waals surface area contributed by atoms with Crippen LogP contribution in [0.5, 0.6) is 0 Å². The number of rotatable bonds is 3. The first-order valence-electron chi connectivity index (χ1n) is 6.30. The number of carboxylic acid groups (broad SMARTS) is 1. The number of hydrogen-bond donors (Lipinski definition) is 1. The molecule has 3 rings (SSSR count). The van der Waals surface area contributed by atoms with Crippen LogP contribution in [-0.2, 0) is 9.59 Å². The lowest BCUT2D eigenvalue weighted by Crippen LogP contribution is -2.35. The minimum absolute atomic E-state index is 0.0684. The van der Waals surface area contributed by atoms with Crippen LogP contribution in [0.15, 0.2) is 0 Å². The lowest BCUT2D eigenvalue weighted by Gasteiger charge is -2.19. The summed E-state index contributed by atoms with van der Waals surface area (Å²) in [5.41, 5.74) is 0. The number of nitrogens with zero attached hydrogens (tertiary/aromatic N) is 4. The molecule has 1 atom stereocenters. The third-order valence-electron chi connectivity index (χ3n) is 3.49. The number of hydrogen-bond acceptors (Lipinski definition) is 6. The number of aromatic nitrogens is 2. The van der Waals surface area contributed by atoms with Crippen molar-refractivity contribution in [1.82, 2.24) is 10.2 Å². The molecule has 0 bridgehead atoms. The molecule has 0 aliphatic carbocycles. The molecule has 0 aromatic carbocycles. The first-order chi connectivity index (χ1) is 9.16. The van der Waals surface area contributed by atoms with E-state index in [0.717, 1.165) is 12.8 Å². The van der Waals surface area contributed by atoms with Gasteiger partial charge in [-0.3, -0.25) is 9.69 Å². The lowest BCUT2D eigenvalue weighted by atomic mass is 10.2. The summed E-state index contributed by atoms with van der Waals surface area (Å²) in [5.74, 6) is -0.759. The third kappa shape index (κ3) is 2.16. The first-order valence-corrected chi connectivity index (χ1v) is 7.12. The van der Waals surface area contributed by atoms with E-state index in [1.165, 1.54) is 11.3 Å². The largest absolute Gasteiger partial charge is 0.480 e. The molecule has 1 amide bonds. The maximum Gasteiger partial charge on any atom is 0.326 e. The van der Waals surface area contributed by atoms with Crippen molar-refractivity contribution in [1.29, 1.82) is 0 Å². The summed E-state index contributed by atoms with van der Waals surface area (Å²) in [6.45, 7) is 1.36. The van der Waals surface area contributed by atoms with Gasteiger partial charge in [0.2, 0.25) is 16.2 Å². The molecule has 1 N–H and O–H groups in total. The Kier molecular flexibility index (Phi) is 3.09. The van der Waals surface area contributed by atoms with Gasteiger partial charge >= 0.3 is 5.97 Å². The Labute approximate surface area is 113 Å². The quantitative estimate of drug-likeness (QED) is 0.879. The maximum absolute atomic E-state index is 11.6. The van der Waals surface area contributed by atoms with Crippen molar-refractivity contribution in [2.24, 2.45) is 0 Å². The molecule has 19 heavy (non-hydrogen) atoms. The number of carboxylic acids is 1. The molecule has 0 spiro atoms. The fraction of sp³-hybridized carbons (Fsp3) is 0.636. The molecule has 0 saturated carbocycles. The zero-order valence-electron chi connectivity index (χ0n) is 10.3. The number of aliphatic carboxylic acids is 1. The van der Waals surface area contributed by atoms with Gasteiger partial charge in [0.1, 0.15) is 6.04 Å². The molecule has 1 aromatic rings. The van der Waals surface area contributed by atoms with Crippen LogP contribution < -0.4 is 9.80 Å². The molecule has 0 radical (unpaired) electrons. The van der Waals surface area contributed by atoms with Gasteiger partial charge in [-0.15, -0.1) is 10.2 Å². The summed E-state index contributed by atoms with van der Waals surface area (Å²) in [6.07, 6.45) is 2.87. The van der Waals surface area contributed by atoms with Crippen LogP contribution in [-0.4, -0.2) is 46.3 Å². The Bertz CT molecular complexity index is 518. The van der Waals surface area contributed by atoms with E-state index in [9.17, 15) is 9.59 Å². The highest BCUT2D eigenvalue weighted by Crippen LogP contribution is 2.33. The van der Waals surface area contributed by atoms with Gasteiger partial charge in [0.25, 0.3) is 0 Å². The molecule has 102 valence electrons. The van der Waals surface area contributed by atoms with Crippen LogP contribution in [0.25, 0.3) is 0 Å². The third-order valence-corrected chi connectivity index (χ3v) is 4.47. The minimum Gasteiger partial charge on any atom is -0.480 e. The van der Waals surface area contributed by atoms with Crippen molar-refractivity contribution in [3.8, 4) is 0 Å². The van der Waals surface area contributed by atoms with Crippen molar-refractivity contribution >= 4 is 33.5 Å². The fourth-order valence-corrected chi connectivity index (χ4v) is 3.50. The van der Waals surface area contributed by atoms with Gasteiger partial charge < -0.3 is 10.0 Å². The first kappa shape index (κ1) is 12.3. The molecule has 2 saturated heterocycles. The van der Waals surface area contributed by atoms with Crippen molar-refractivity contribution in [2.75, 3.05) is 22.9 Å². The van der Waals surface area contributed by atoms with Gasteiger partial charge in [0, 0.05) is 19.5 Å². The number of carbonyl (C=O) groups excluding carboxylic acids is 1. The average Bonchev–Trinajstić information content (AvgIpc) is 3.06. The van der Waals surface area contributed by atoms with E-state index in [-0.39, 0.29) is 5.91 Å². The predicted octanol–water partition coefficient (Wildman–Crippen LogP) is 0.718. The Morgan fingerprint density at radius 2 is 2.05 bits per heavy atom. The van der Waals surface area contributed by atoms with Gasteiger partial charge in [-0.25, -0.2) is 4.79 Å². The van der Waals surface area contributed by atoms with Gasteiger partial charge in [-0.05, 0) is 19.3 Å². The normalized spacial score (nSPS) is 23.4. The zero-order valence-corrected chi connectivity index (χ0v) is 11.1. The van der Waals surface area contributed by atoms with E-state index < -0.39 is 12.0 Å². The van der Waals surface area contributed by atoms with E-state index in [1.807, 2.05) is 0 Å². The Morgan fingerprint density at radius 1 is 1.26 bits per heavy atom. The summed E-state index contributed by atoms with van der Waals surface area (Å²) in [5, 5.41) is 18.4. The molecule has 1 aromatic heterocycles. The SMILES string of the molecule is O=C(O)[C@@H]1CCCN1c1nnc(N2CCCC2=O)s1. The molecule has 7 nitrogen and oxygen atoms in total. The van der Waals surface area contributed by atoms with Crippen LogP contribution in [0.1, 0.15) is 25.7 Å². The summed E-state index contributed by atoms with van der Waals surface area (Å²) >= 11 is 1.30. The van der Waals surface area contributed by atoms with E-state index in [1.54, 1.807) is 9.80 Å². The van der Waals surface area contributed by atoms with Crippen LogP contribution in [0.2, 0.25) is 0 Å². The monoisotopic (exact) mass is 282 g/mol. The highest BCUT2D eigenvalue weighted by molar-refractivity contribution is 7.19. The molecule has 2 aliphatic heterocycles. The number of carbonyl (C=O) groups is 2. The van der Waals surface area contributed by atoms with Gasteiger partial charge in [-0.2, -0.15) is 0 Å². The second-order valence-electron chi connectivity index (χ2n) is 4.71. The zero-order chi connectivity index (χ0) is 13.4. The highest BCUT2D eigenvalue weighted by Gasteiger charge is 2.34. The van der Waals surface area contributed by atoms with E-state index in [4.69, 9.17) is 5.11 Å². The van der Waals surface area contributed by atoms with E-state index in [0.29, 0.717) is 36.2 Å². The van der Waals surface area contributed by atoms with Crippen molar-refractivity contribution in [3.63, 3.8) is 0 Å². The summed E-state index contributed by atoms with van der Waals surface area (Å²) in [6, 6.07) is -0.518. The maximum atomic E-state index is 11.6. The average molecular weight is 282 g/mol. The van der Waals surface area contributed by atoms with Crippen molar-refractivity contribution in [2.45, 2.75) is 31.7 Å². The fourth-order valence-electron chi connectivity index (χ4n) is 2.54. The summed E-state index contributed by atoms with van der Waals surface area (Å²) in [7, 11) is 0. The summed E-state index contributed by atoms with van der Waals surface area (Å²) in [4.78, 5) is 26.2. The predicted molar refractivity (Wildman–Crippen MR) is 69.5 cm³/mol. The molecule has 0 unspecified atom stereocenters. The van der Waals surface area contributed by atoms with Gasteiger partial charge in [0.05, 0.1) is 0 Å². The lowest BCUT2D eigenvalue weighted by molar-refractivity contribution is -0.138. The van der Waals surface area contributed by atoms with Crippen LogP contribution in [0.4, 0.5) is 10.3 Å². The van der Waals surface area contributed by atoms with E-state index in [2.05, 4.69) is 10.2 Å². The van der Waals surface area contributed by atoms with Crippen LogP contribution >= 0.6 is 11.3 Å². The molecule has 2 aliphatic rings. The van der Waals surface area contributed by atoms with Crippen LogP contribution in [0.3, 0.4) is 0 Å². The van der Waals surface area contributed by atoms with Crippen molar-refractivity contribution < 1.29 is 14.7 Å². The highest BCUT2D eigenvalue weighted by atomic mass is 32.1. The van der Waals surface area contributed by atoms with E-state index >= 15 is 0 Å². The Morgan fingerprint density at radius 3 is 2.74 bits per heavy atom. The smallest absolute Gasteiger partial charge is 0.326 e. The summed E-state index contributed by atoms with van der Waals surface area (Å²) < 4.78 is 0. The Balaban J connectivity index is 1.81. The van der Waals surface area contributed by atoms with Gasteiger partial charge in [-0.1, -0.05) is 11.3 Å². The second-order valence-corrected chi connectivity index (χ2v) is 5.64. The van der Waals surface area contributed by atoms with Gasteiger partial charge in [0.15, 0.2) is 0 Å². The number of amides is 1. The molecular formula is C11H14N4O3S. The second kappa shape index (κ2) is 4.76. The number of anilines is 2. The minimum atomic E-state index is -0.827. The topological polar surface area (TPSA) is 86.6 Å². The molecule has 3 heterocycles. The molecule has 2 fully saturated rings.